The van der Waals surface area contributed by atoms with Gasteiger partial charge in [0, 0.05) is 37.3 Å². The van der Waals surface area contributed by atoms with Crippen LogP contribution in [0.1, 0.15) is 24.5 Å². The van der Waals surface area contributed by atoms with Crippen molar-refractivity contribution < 1.29 is 9.26 Å². The lowest BCUT2D eigenvalue weighted by atomic mass is 9.73. The summed E-state index contributed by atoms with van der Waals surface area (Å²) in [6, 6.07) is 8.60. The normalized spacial score (nSPS) is 30.5. The summed E-state index contributed by atoms with van der Waals surface area (Å²) in [5, 5.41) is 8.09. The number of nitrogens with zero attached hydrogens (tertiary/aromatic N) is 2. The number of hydrogen-bond donors (Lipinski definition) is 2. The van der Waals surface area contributed by atoms with Crippen LogP contribution < -0.4 is 14.9 Å². The molecule has 0 saturated carbocycles. The SMILES string of the molecule is C=CC1CN2CC[C@@H]1CC2C(OP1NCCN1)c1ccnc2ccc(OC)cc12. The Balaban J connectivity index is 1.54. The van der Waals surface area contributed by atoms with Crippen molar-refractivity contribution in [2.45, 2.75) is 25.0 Å². The summed E-state index contributed by atoms with van der Waals surface area (Å²) in [4.78, 5) is 7.21. The second kappa shape index (κ2) is 8.29. The minimum Gasteiger partial charge on any atom is -0.497 e. The molecule has 6 nitrogen and oxygen atoms in total. The van der Waals surface area contributed by atoms with E-state index in [2.05, 4.69) is 44.8 Å². The van der Waals surface area contributed by atoms with E-state index in [1.807, 2.05) is 18.3 Å². The molecule has 1 aromatic carbocycles. The van der Waals surface area contributed by atoms with Crippen LogP contribution in [-0.2, 0) is 4.52 Å². The molecule has 0 radical (unpaired) electrons. The van der Waals surface area contributed by atoms with Crippen molar-refractivity contribution in [3.63, 3.8) is 0 Å². The van der Waals surface area contributed by atoms with Crippen molar-refractivity contribution in [3.05, 3.63) is 48.7 Å². The maximum Gasteiger partial charge on any atom is 0.182 e. The molecular weight excluding hydrogens is 383 g/mol. The van der Waals surface area contributed by atoms with Crippen LogP contribution in [0, 0.1) is 11.8 Å². The standard InChI is InChI=1S/C22H29N4O2P/c1-3-15-14-26-11-7-16(15)12-21(26)22(28-29-24-9-10-25-29)18-6-8-23-20-5-4-17(27-2)13-19(18)20/h3-6,8,13,15-16,21-22,24-25H,1,7,9-12,14H2,2H3/t15?,16-,21?,22?/m1/s1. The van der Waals surface area contributed by atoms with E-state index >= 15 is 0 Å². The molecule has 7 heteroatoms. The van der Waals surface area contributed by atoms with Crippen LogP contribution in [0.3, 0.4) is 0 Å². The first-order valence-corrected chi connectivity index (χ1v) is 11.8. The third-order valence-electron chi connectivity index (χ3n) is 6.65. The molecule has 1 aromatic heterocycles. The Labute approximate surface area is 173 Å². The van der Waals surface area contributed by atoms with Crippen molar-refractivity contribution in [3.8, 4) is 5.75 Å². The number of aromatic nitrogens is 1. The van der Waals surface area contributed by atoms with Gasteiger partial charge in [-0.3, -0.25) is 20.1 Å². The minimum absolute atomic E-state index is 0.00891. The molecule has 154 valence electrons. The Morgan fingerprint density at radius 1 is 1.31 bits per heavy atom. The van der Waals surface area contributed by atoms with Gasteiger partial charge in [-0.25, -0.2) is 0 Å². The molecule has 0 amide bonds. The van der Waals surface area contributed by atoms with Gasteiger partial charge in [0.25, 0.3) is 0 Å². The van der Waals surface area contributed by atoms with E-state index in [9.17, 15) is 0 Å². The molecule has 2 bridgehead atoms. The topological polar surface area (TPSA) is 58.7 Å². The van der Waals surface area contributed by atoms with Crippen molar-refractivity contribution in [1.82, 2.24) is 20.1 Å². The van der Waals surface area contributed by atoms with Gasteiger partial charge in [-0.2, -0.15) is 0 Å². The molecule has 2 aromatic rings. The summed E-state index contributed by atoms with van der Waals surface area (Å²) < 4.78 is 12.2. The van der Waals surface area contributed by atoms with E-state index in [1.54, 1.807) is 7.11 Å². The fourth-order valence-corrected chi connectivity index (χ4v) is 6.48. The van der Waals surface area contributed by atoms with Gasteiger partial charge in [0.1, 0.15) is 11.9 Å². The zero-order valence-electron chi connectivity index (χ0n) is 16.9. The van der Waals surface area contributed by atoms with Gasteiger partial charge in [0.15, 0.2) is 8.45 Å². The second-order valence-electron chi connectivity index (χ2n) is 8.17. The van der Waals surface area contributed by atoms with Crippen molar-refractivity contribution in [2.24, 2.45) is 11.8 Å². The van der Waals surface area contributed by atoms with Gasteiger partial charge in [-0.1, -0.05) is 6.08 Å². The zero-order valence-corrected chi connectivity index (χ0v) is 17.8. The van der Waals surface area contributed by atoms with Gasteiger partial charge in [0.2, 0.25) is 0 Å². The highest BCUT2D eigenvalue weighted by atomic mass is 31.2. The van der Waals surface area contributed by atoms with E-state index < -0.39 is 8.45 Å². The van der Waals surface area contributed by atoms with Crippen LogP contribution in [0.5, 0.6) is 5.75 Å². The monoisotopic (exact) mass is 412 g/mol. The highest BCUT2D eigenvalue weighted by Gasteiger charge is 2.44. The van der Waals surface area contributed by atoms with Crippen molar-refractivity contribution >= 4 is 19.4 Å². The first-order chi connectivity index (χ1) is 14.3. The van der Waals surface area contributed by atoms with Crippen LogP contribution in [0.2, 0.25) is 0 Å². The maximum atomic E-state index is 6.75. The Kier molecular flexibility index (Phi) is 5.55. The average Bonchev–Trinajstić information content (AvgIpc) is 3.30. The third-order valence-corrected chi connectivity index (χ3v) is 8.11. The fraction of sp³-hybridized carbons (Fsp3) is 0.500. The second-order valence-corrected chi connectivity index (χ2v) is 9.60. The lowest BCUT2D eigenvalue weighted by Gasteiger charge is -2.51. The number of pyridine rings is 1. The van der Waals surface area contributed by atoms with Crippen LogP contribution in [0.25, 0.3) is 10.9 Å². The van der Waals surface area contributed by atoms with Gasteiger partial charge >= 0.3 is 0 Å². The number of piperidine rings is 3. The molecule has 4 unspecified atom stereocenters. The quantitative estimate of drug-likeness (QED) is 0.558. The molecule has 4 saturated heterocycles. The Bertz CT molecular complexity index is 888. The van der Waals surface area contributed by atoms with Gasteiger partial charge in [-0.15, -0.1) is 6.58 Å². The fourth-order valence-electron chi connectivity index (χ4n) is 5.11. The predicted octanol–water partition coefficient (Wildman–Crippen LogP) is 3.62. The van der Waals surface area contributed by atoms with Gasteiger partial charge in [0.05, 0.1) is 12.6 Å². The highest BCUT2D eigenvalue weighted by molar-refractivity contribution is 7.48. The Morgan fingerprint density at radius 3 is 2.90 bits per heavy atom. The molecule has 4 fully saturated rings. The van der Waals surface area contributed by atoms with Crippen LogP contribution >= 0.6 is 8.45 Å². The molecule has 6 rings (SSSR count). The van der Waals surface area contributed by atoms with Gasteiger partial charge in [-0.05, 0) is 61.1 Å². The minimum atomic E-state index is -0.822. The predicted molar refractivity (Wildman–Crippen MR) is 117 cm³/mol. The van der Waals surface area contributed by atoms with Crippen molar-refractivity contribution in [2.75, 3.05) is 33.3 Å². The summed E-state index contributed by atoms with van der Waals surface area (Å²) in [5.41, 5.74) is 2.19. The van der Waals surface area contributed by atoms with Crippen LogP contribution in [0.15, 0.2) is 43.1 Å². The van der Waals surface area contributed by atoms with Gasteiger partial charge < -0.3 is 9.26 Å². The lowest BCUT2D eigenvalue weighted by molar-refractivity contribution is -0.0333. The first kappa shape index (κ1) is 19.4. The summed E-state index contributed by atoms with van der Waals surface area (Å²) in [6.07, 6.45) is 6.46. The Morgan fingerprint density at radius 2 is 2.17 bits per heavy atom. The molecule has 5 heterocycles. The summed E-state index contributed by atoms with van der Waals surface area (Å²) in [5.74, 6) is 2.16. The molecule has 29 heavy (non-hydrogen) atoms. The van der Waals surface area contributed by atoms with E-state index in [0.29, 0.717) is 17.9 Å². The van der Waals surface area contributed by atoms with Crippen LogP contribution in [-0.4, -0.2) is 49.2 Å². The number of methoxy groups -OCH3 is 1. The lowest BCUT2D eigenvalue weighted by Crippen LogP contribution is -2.55. The number of nitrogens with one attached hydrogen (secondary N) is 2. The largest absolute Gasteiger partial charge is 0.497 e. The maximum absolute atomic E-state index is 6.75. The molecular formula is C22H29N4O2P. The van der Waals surface area contributed by atoms with E-state index in [4.69, 9.17) is 9.26 Å². The highest BCUT2D eigenvalue weighted by Crippen LogP contribution is 2.47. The average molecular weight is 412 g/mol. The van der Waals surface area contributed by atoms with Crippen LogP contribution in [0.4, 0.5) is 0 Å². The van der Waals surface area contributed by atoms with E-state index in [-0.39, 0.29) is 6.10 Å². The molecule has 4 aliphatic heterocycles. The number of benzene rings is 1. The smallest absolute Gasteiger partial charge is 0.182 e. The first-order valence-electron chi connectivity index (χ1n) is 10.5. The summed E-state index contributed by atoms with van der Waals surface area (Å²) >= 11 is 0. The number of ether oxygens (including phenoxy) is 1. The zero-order chi connectivity index (χ0) is 19.8. The number of fused-ring (bicyclic) bond motifs is 4. The molecule has 2 N–H and O–H groups in total. The summed E-state index contributed by atoms with van der Waals surface area (Å²) in [6.45, 7) is 8.22. The van der Waals surface area contributed by atoms with E-state index in [1.165, 1.54) is 12.0 Å². The molecule has 0 spiro atoms. The summed E-state index contributed by atoms with van der Waals surface area (Å²) in [7, 11) is 0.888. The van der Waals surface area contributed by atoms with E-state index in [0.717, 1.165) is 49.3 Å². The number of hydrogen-bond acceptors (Lipinski definition) is 6. The molecule has 0 aliphatic carbocycles. The third kappa shape index (κ3) is 3.69. The Hall–Kier alpha value is -1.56. The molecule has 4 aliphatic rings. The number of rotatable bonds is 6. The molecule has 5 atom stereocenters. The van der Waals surface area contributed by atoms with Crippen molar-refractivity contribution in [1.29, 1.82) is 0 Å².